The van der Waals surface area contributed by atoms with Gasteiger partial charge in [-0.05, 0) is 80.5 Å². The highest BCUT2D eigenvalue weighted by atomic mass is 35.5. The number of amides is 1. The van der Waals surface area contributed by atoms with E-state index < -0.39 is 78.4 Å². The Balaban J connectivity index is 1.23. The van der Waals surface area contributed by atoms with E-state index in [4.69, 9.17) is 50.5 Å². The summed E-state index contributed by atoms with van der Waals surface area (Å²) in [6.07, 6.45) is -1.61. The first-order valence-electron chi connectivity index (χ1n) is 19.1. The predicted octanol–water partition coefficient (Wildman–Crippen LogP) is 4.37. The third kappa shape index (κ3) is 6.97. The van der Waals surface area contributed by atoms with Gasteiger partial charge in [0.1, 0.15) is 24.6 Å². The third-order valence-corrected chi connectivity index (χ3v) is 11.7. The van der Waals surface area contributed by atoms with E-state index in [1.54, 1.807) is 69.3 Å². The molecule has 6 aliphatic heterocycles. The summed E-state index contributed by atoms with van der Waals surface area (Å²) in [5.74, 6) is -2.66. The zero-order valence-corrected chi connectivity index (χ0v) is 34.0. The maximum absolute atomic E-state index is 14.1. The number of hydrogen-bond donors (Lipinski definition) is 5. The Bertz CT molecular complexity index is 2360. The number of rotatable bonds is 6. The lowest BCUT2D eigenvalue weighted by Gasteiger charge is -2.51. The van der Waals surface area contributed by atoms with Crippen LogP contribution in [0.1, 0.15) is 71.1 Å². The first-order valence-corrected chi connectivity index (χ1v) is 19.4. The van der Waals surface area contributed by atoms with Crippen molar-refractivity contribution < 1.29 is 62.9 Å². The lowest BCUT2D eigenvalue weighted by molar-refractivity contribution is -0.329. The molecule has 8 atom stereocenters. The SMILES string of the molecule is C=C1Oc2cc(OC)cc(C(=O)O[C@@H]3COC(=O)C[C@H](N)c4cc(O)c(c(Cl)c4)O[C@@H]4c5ccc3cc5C3=CC=C[C@@]34O[C@@H]3OC(C)(C)[C@@H](N(C)C)[C@@H](O)[C@H]3O)c2NC1=O. The molecule has 0 spiro atoms. The Morgan fingerprint density at radius 1 is 1.08 bits per heavy atom. The van der Waals surface area contributed by atoms with Crippen LogP contribution in [0.4, 0.5) is 5.69 Å². The van der Waals surface area contributed by atoms with Gasteiger partial charge >= 0.3 is 11.9 Å². The number of aromatic hydroxyl groups is 1. The summed E-state index contributed by atoms with van der Waals surface area (Å²) in [4.78, 5) is 41.7. The predicted molar refractivity (Wildman–Crippen MR) is 214 cm³/mol. The number of halogens is 1. The van der Waals surface area contributed by atoms with Gasteiger partial charge in [0.05, 0.1) is 41.4 Å². The van der Waals surface area contributed by atoms with Gasteiger partial charge in [-0.25, -0.2) is 4.79 Å². The molecule has 11 rings (SSSR count). The van der Waals surface area contributed by atoms with E-state index >= 15 is 0 Å². The molecule has 0 aromatic heterocycles. The number of phenolic OH excluding ortho intramolecular Hbond substituents is 1. The van der Waals surface area contributed by atoms with E-state index in [0.717, 1.165) is 0 Å². The topological polar surface area (TPSA) is 218 Å². The van der Waals surface area contributed by atoms with Crippen LogP contribution < -0.4 is 25.3 Å². The number of allylic oxidation sites excluding steroid dienone is 2. The number of methoxy groups -OCH3 is 1. The Morgan fingerprint density at radius 3 is 2.57 bits per heavy atom. The van der Waals surface area contributed by atoms with Crippen LogP contribution in [0, 0.1) is 0 Å². The second kappa shape index (κ2) is 15.2. The zero-order valence-electron chi connectivity index (χ0n) is 33.3. The molecule has 1 amide bonds. The van der Waals surface area contributed by atoms with Crippen molar-refractivity contribution in [2.45, 2.75) is 74.3 Å². The van der Waals surface area contributed by atoms with Crippen molar-refractivity contribution in [1.82, 2.24) is 4.90 Å². The van der Waals surface area contributed by atoms with E-state index in [1.165, 1.54) is 31.4 Å². The van der Waals surface area contributed by atoms with Crippen LogP contribution in [0.2, 0.25) is 5.02 Å². The number of nitrogens with zero attached hydrogens (tertiary/aromatic N) is 1. The van der Waals surface area contributed by atoms with Gasteiger partial charge in [-0.1, -0.05) is 42.5 Å². The first-order chi connectivity index (χ1) is 28.4. The fourth-order valence-corrected chi connectivity index (χ4v) is 8.90. The smallest absolute Gasteiger partial charge is 0.341 e. The van der Waals surface area contributed by atoms with Crippen molar-refractivity contribution in [3.63, 3.8) is 0 Å². The minimum absolute atomic E-state index is 0.00872. The number of carbonyl (C=O) groups is 3. The Hall–Kier alpha value is -5.46. The van der Waals surface area contributed by atoms with E-state index in [-0.39, 0.29) is 51.5 Å². The molecular weight excluding hydrogens is 802 g/mol. The summed E-state index contributed by atoms with van der Waals surface area (Å²) < 4.78 is 42.6. The molecule has 6 N–H and O–H groups in total. The maximum Gasteiger partial charge on any atom is 0.341 e. The summed E-state index contributed by atoms with van der Waals surface area (Å²) in [6, 6.07) is 9.16. The number of ether oxygens (including phenoxy) is 7. The van der Waals surface area contributed by atoms with Crippen LogP contribution in [-0.2, 0) is 28.5 Å². The van der Waals surface area contributed by atoms with Gasteiger partial charge < -0.3 is 64.4 Å². The molecule has 316 valence electrons. The number of likely N-dealkylation sites (N-methyl/N-ethyl adjacent to an activating group) is 1. The molecule has 6 heterocycles. The Morgan fingerprint density at radius 2 is 1.85 bits per heavy atom. The minimum atomic E-state index is -1.55. The molecule has 1 fully saturated rings. The Labute approximate surface area is 349 Å². The molecule has 16 nitrogen and oxygen atoms in total. The number of aliphatic hydroxyl groups excluding tert-OH is 2. The summed E-state index contributed by atoms with van der Waals surface area (Å²) in [5.41, 5.74) is 6.07. The lowest BCUT2D eigenvalue weighted by atomic mass is 9.86. The van der Waals surface area contributed by atoms with Gasteiger partial charge in [-0.2, -0.15) is 0 Å². The molecule has 0 radical (unpaired) electrons. The van der Waals surface area contributed by atoms with Crippen molar-refractivity contribution in [2.75, 3.05) is 33.1 Å². The number of carbonyl (C=O) groups excluding carboxylic acids is 3. The molecule has 0 unspecified atom stereocenters. The van der Waals surface area contributed by atoms with E-state index in [9.17, 15) is 29.7 Å². The van der Waals surface area contributed by atoms with Gasteiger partial charge in [-0.15, -0.1) is 0 Å². The summed E-state index contributed by atoms with van der Waals surface area (Å²) in [7, 11) is 4.94. The van der Waals surface area contributed by atoms with Crippen molar-refractivity contribution >= 4 is 40.7 Å². The van der Waals surface area contributed by atoms with Crippen molar-refractivity contribution in [3.05, 3.63) is 106 Å². The number of nitrogens with one attached hydrogen (secondary N) is 1. The second-order valence-electron chi connectivity index (χ2n) is 15.9. The normalized spacial score (nSPS) is 28.9. The van der Waals surface area contributed by atoms with E-state index in [2.05, 4.69) is 11.9 Å². The van der Waals surface area contributed by atoms with Gasteiger partial charge in [-0.3, -0.25) is 9.59 Å². The number of nitrogens with two attached hydrogens (primary N) is 1. The van der Waals surface area contributed by atoms with Gasteiger partial charge in [0.25, 0.3) is 5.91 Å². The lowest BCUT2D eigenvalue weighted by Crippen LogP contribution is -2.67. The number of phenols is 1. The molecule has 3 aromatic carbocycles. The molecule has 17 heteroatoms. The third-order valence-electron chi connectivity index (χ3n) is 11.4. The fourth-order valence-electron chi connectivity index (χ4n) is 8.63. The highest BCUT2D eigenvalue weighted by Crippen LogP contribution is 2.58. The molecular formula is C43H44ClN3O13. The average Bonchev–Trinajstić information content (AvgIpc) is 3.70. The van der Waals surface area contributed by atoms with E-state index in [0.29, 0.717) is 27.8 Å². The number of anilines is 1. The quantitative estimate of drug-likeness (QED) is 0.172. The number of benzene rings is 3. The molecule has 3 aromatic rings. The van der Waals surface area contributed by atoms with E-state index in [1.807, 2.05) is 0 Å². The molecule has 1 saturated heterocycles. The van der Waals surface area contributed by atoms with Crippen molar-refractivity contribution in [1.29, 1.82) is 0 Å². The first kappa shape index (κ1) is 41.3. The molecule has 8 aliphatic rings. The standard InChI is InChI=1S/C43H44ClN3O13/c1-19-39(52)46-33-25(15-22(54-6)16-30(33)56-19)40(53)57-31-18-55-32(49)17-28(45)21-13-27(44)36(29(48)14-21)58-38-23-10-9-20(31)12-24(23)26-8-7-11-43(26,38)60-41-35(51)34(50)37(47(4)5)42(2,3)59-41/h7-16,28,31,34-35,37-38,41,48,50-51H,1,17-18,45H2,2-6H3,(H,46,52)/t28-,31+,34-,35+,37-,38+,41-,43+/m0/s1. The van der Waals surface area contributed by atoms with Crippen LogP contribution in [0.3, 0.4) is 0 Å². The van der Waals surface area contributed by atoms with Crippen molar-refractivity contribution in [2.24, 2.45) is 5.73 Å². The fraction of sp³-hybridized carbons (Fsp3) is 0.372. The molecule has 2 aliphatic carbocycles. The monoisotopic (exact) mass is 845 g/mol. The average molecular weight is 846 g/mol. The van der Waals surface area contributed by atoms with Crippen LogP contribution >= 0.6 is 11.6 Å². The van der Waals surface area contributed by atoms with Gasteiger partial charge in [0.2, 0.25) is 0 Å². The second-order valence-corrected chi connectivity index (χ2v) is 16.3. The van der Waals surface area contributed by atoms with Crippen LogP contribution in [0.5, 0.6) is 23.0 Å². The number of aliphatic hydroxyl groups is 2. The highest BCUT2D eigenvalue weighted by Gasteiger charge is 2.58. The Kier molecular flexibility index (Phi) is 10.5. The largest absolute Gasteiger partial charge is 0.504 e. The maximum atomic E-state index is 14.1. The van der Waals surface area contributed by atoms with Gasteiger partial charge in [0, 0.05) is 17.7 Å². The number of hydrogen-bond acceptors (Lipinski definition) is 15. The van der Waals surface area contributed by atoms with Gasteiger partial charge in [0.15, 0.2) is 47.1 Å². The van der Waals surface area contributed by atoms with Crippen LogP contribution in [0.15, 0.2) is 73.0 Å². The summed E-state index contributed by atoms with van der Waals surface area (Å²) in [6.45, 7) is 6.71. The molecule has 6 bridgehead atoms. The van der Waals surface area contributed by atoms with Crippen LogP contribution in [-0.4, -0.2) is 102 Å². The number of fused-ring (bicyclic) bond motifs is 2. The highest BCUT2D eigenvalue weighted by molar-refractivity contribution is 6.32. The summed E-state index contributed by atoms with van der Waals surface area (Å²) in [5, 5.41) is 36.9. The summed E-state index contributed by atoms with van der Waals surface area (Å²) >= 11 is 6.77. The van der Waals surface area contributed by atoms with Crippen LogP contribution in [0.25, 0.3) is 5.57 Å². The van der Waals surface area contributed by atoms with Crippen molar-refractivity contribution in [3.8, 4) is 23.0 Å². The zero-order chi connectivity index (χ0) is 43.0. The minimum Gasteiger partial charge on any atom is -0.504 e. The number of esters is 2. The molecule has 60 heavy (non-hydrogen) atoms. The molecule has 0 saturated carbocycles.